The van der Waals surface area contributed by atoms with Crippen molar-refractivity contribution in [1.82, 2.24) is 5.32 Å². The Balaban J connectivity index is 2.74. The zero-order chi connectivity index (χ0) is 16.0. The predicted octanol–water partition coefficient (Wildman–Crippen LogP) is 1.89. The van der Waals surface area contributed by atoms with E-state index < -0.39 is 23.9 Å². The molecule has 7 heteroatoms. The lowest BCUT2D eigenvalue weighted by atomic mass is 10.1. The van der Waals surface area contributed by atoms with Gasteiger partial charge in [-0.1, -0.05) is 22.0 Å². The number of amides is 1. The standard InChI is InChI=1S/C14H16BrNO5/c1-8-3-4-9(7-10(8)15)13(18)16-11(14(19)20)5-6-12(17)21-2/h3-4,7,11H,5-6H2,1-2H3,(H,16,18)(H,19,20)/t11-/m0/s1. The summed E-state index contributed by atoms with van der Waals surface area (Å²) in [6, 6.07) is 3.83. The van der Waals surface area contributed by atoms with Crippen LogP contribution < -0.4 is 5.32 Å². The van der Waals surface area contributed by atoms with Gasteiger partial charge >= 0.3 is 11.9 Å². The number of carbonyl (C=O) groups is 3. The molecule has 1 aromatic carbocycles. The summed E-state index contributed by atoms with van der Waals surface area (Å²) in [5.74, 6) is -2.22. The summed E-state index contributed by atoms with van der Waals surface area (Å²) in [4.78, 5) is 34.2. The van der Waals surface area contributed by atoms with Crippen LogP contribution in [0.3, 0.4) is 0 Å². The lowest BCUT2D eigenvalue weighted by molar-refractivity contribution is -0.142. The Morgan fingerprint density at radius 1 is 1.38 bits per heavy atom. The Morgan fingerprint density at radius 3 is 2.57 bits per heavy atom. The molecular weight excluding hydrogens is 342 g/mol. The van der Waals surface area contributed by atoms with Crippen LogP contribution in [0.15, 0.2) is 22.7 Å². The largest absolute Gasteiger partial charge is 0.480 e. The minimum absolute atomic E-state index is 0.0270. The second-order valence-corrected chi connectivity index (χ2v) is 5.30. The fourth-order valence-corrected chi connectivity index (χ4v) is 1.98. The zero-order valence-corrected chi connectivity index (χ0v) is 13.3. The molecule has 0 fully saturated rings. The molecule has 1 atom stereocenters. The van der Waals surface area contributed by atoms with Gasteiger partial charge in [-0.2, -0.15) is 0 Å². The maximum Gasteiger partial charge on any atom is 0.326 e. The van der Waals surface area contributed by atoms with E-state index in [2.05, 4.69) is 26.0 Å². The van der Waals surface area contributed by atoms with Crippen LogP contribution in [0.5, 0.6) is 0 Å². The maximum atomic E-state index is 12.0. The number of ether oxygens (including phenoxy) is 1. The van der Waals surface area contributed by atoms with Crippen molar-refractivity contribution in [2.45, 2.75) is 25.8 Å². The molecule has 21 heavy (non-hydrogen) atoms. The van der Waals surface area contributed by atoms with Gasteiger partial charge in [-0.3, -0.25) is 9.59 Å². The second-order valence-electron chi connectivity index (χ2n) is 4.44. The number of carbonyl (C=O) groups excluding carboxylic acids is 2. The van der Waals surface area contributed by atoms with Gasteiger partial charge in [-0.25, -0.2) is 4.79 Å². The third kappa shape index (κ3) is 5.18. The molecule has 1 aromatic rings. The molecule has 0 bridgehead atoms. The second kappa shape index (κ2) is 7.78. The minimum atomic E-state index is -1.20. The molecule has 6 nitrogen and oxygen atoms in total. The first-order valence-electron chi connectivity index (χ1n) is 6.21. The summed E-state index contributed by atoms with van der Waals surface area (Å²) in [5.41, 5.74) is 1.31. The van der Waals surface area contributed by atoms with Crippen LogP contribution in [-0.2, 0) is 14.3 Å². The summed E-state index contributed by atoms with van der Waals surface area (Å²) < 4.78 is 5.21. The highest BCUT2D eigenvalue weighted by atomic mass is 79.9. The third-order valence-corrected chi connectivity index (χ3v) is 3.76. The average Bonchev–Trinajstić information content (AvgIpc) is 2.45. The summed E-state index contributed by atoms with van der Waals surface area (Å²) >= 11 is 3.31. The number of rotatable bonds is 6. The highest BCUT2D eigenvalue weighted by molar-refractivity contribution is 9.10. The molecule has 1 rings (SSSR count). The van der Waals surface area contributed by atoms with Crippen molar-refractivity contribution in [1.29, 1.82) is 0 Å². The molecule has 0 unspecified atom stereocenters. The highest BCUT2D eigenvalue weighted by Gasteiger charge is 2.22. The molecule has 2 N–H and O–H groups in total. The van der Waals surface area contributed by atoms with Gasteiger partial charge in [0.2, 0.25) is 0 Å². The Labute approximate surface area is 130 Å². The molecule has 0 heterocycles. The van der Waals surface area contributed by atoms with Gasteiger partial charge in [0.05, 0.1) is 7.11 Å². The van der Waals surface area contributed by atoms with Gasteiger partial charge in [0.1, 0.15) is 6.04 Å². The van der Waals surface area contributed by atoms with E-state index in [1.807, 2.05) is 6.92 Å². The molecule has 0 aliphatic heterocycles. The third-order valence-electron chi connectivity index (χ3n) is 2.90. The first-order valence-corrected chi connectivity index (χ1v) is 7.01. The van der Waals surface area contributed by atoms with E-state index >= 15 is 0 Å². The lowest BCUT2D eigenvalue weighted by Gasteiger charge is -2.14. The SMILES string of the molecule is COC(=O)CC[C@H](NC(=O)c1ccc(C)c(Br)c1)C(=O)O. The quantitative estimate of drug-likeness (QED) is 0.758. The maximum absolute atomic E-state index is 12.0. The Morgan fingerprint density at radius 2 is 2.05 bits per heavy atom. The van der Waals surface area contributed by atoms with E-state index in [0.717, 1.165) is 10.0 Å². The summed E-state index contributed by atoms with van der Waals surface area (Å²) in [5, 5.41) is 11.5. The predicted molar refractivity (Wildman–Crippen MR) is 79.0 cm³/mol. The summed E-state index contributed by atoms with van der Waals surface area (Å²) in [6.45, 7) is 1.88. The fourth-order valence-electron chi connectivity index (χ4n) is 1.60. The molecule has 114 valence electrons. The van der Waals surface area contributed by atoms with E-state index in [1.54, 1.807) is 18.2 Å². The van der Waals surface area contributed by atoms with Gasteiger partial charge in [0, 0.05) is 16.5 Å². The van der Waals surface area contributed by atoms with E-state index in [1.165, 1.54) is 7.11 Å². The van der Waals surface area contributed by atoms with Gasteiger partial charge in [0.15, 0.2) is 0 Å². The molecule has 0 aromatic heterocycles. The van der Waals surface area contributed by atoms with Gasteiger partial charge in [-0.05, 0) is 31.0 Å². The van der Waals surface area contributed by atoms with Crippen molar-refractivity contribution in [3.05, 3.63) is 33.8 Å². The number of halogens is 1. The zero-order valence-electron chi connectivity index (χ0n) is 11.7. The Bertz CT molecular complexity index is 558. The van der Waals surface area contributed by atoms with Crippen LogP contribution in [0.1, 0.15) is 28.8 Å². The smallest absolute Gasteiger partial charge is 0.326 e. The number of hydrogen-bond acceptors (Lipinski definition) is 4. The molecular formula is C14H16BrNO5. The number of carboxylic acid groups (broad SMARTS) is 1. The number of aryl methyl sites for hydroxylation is 1. The average molecular weight is 358 g/mol. The monoisotopic (exact) mass is 357 g/mol. The number of hydrogen-bond donors (Lipinski definition) is 2. The van der Waals surface area contributed by atoms with E-state index in [-0.39, 0.29) is 12.8 Å². The Hall–Kier alpha value is -1.89. The van der Waals surface area contributed by atoms with Crippen LogP contribution in [0, 0.1) is 6.92 Å². The first-order chi connectivity index (χ1) is 9.85. The minimum Gasteiger partial charge on any atom is -0.480 e. The van der Waals surface area contributed by atoms with Crippen LogP contribution >= 0.6 is 15.9 Å². The van der Waals surface area contributed by atoms with Crippen LogP contribution in [0.4, 0.5) is 0 Å². The van der Waals surface area contributed by atoms with E-state index in [0.29, 0.717) is 5.56 Å². The lowest BCUT2D eigenvalue weighted by Crippen LogP contribution is -2.41. The number of carboxylic acids is 1. The number of aliphatic carboxylic acids is 1. The molecule has 0 radical (unpaired) electrons. The van der Waals surface area contributed by atoms with Gasteiger partial charge < -0.3 is 15.2 Å². The fraction of sp³-hybridized carbons (Fsp3) is 0.357. The number of nitrogens with one attached hydrogen (secondary N) is 1. The molecule has 0 aliphatic carbocycles. The van der Waals surface area contributed by atoms with Crippen LogP contribution in [0.25, 0.3) is 0 Å². The van der Waals surface area contributed by atoms with Gasteiger partial charge in [0.25, 0.3) is 5.91 Å². The van der Waals surface area contributed by atoms with Crippen molar-refractivity contribution < 1.29 is 24.2 Å². The van der Waals surface area contributed by atoms with Crippen LogP contribution in [0.2, 0.25) is 0 Å². The topological polar surface area (TPSA) is 92.7 Å². The molecule has 1 amide bonds. The normalized spacial score (nSPS) is 11.6. The molecule has 0 saturated carbocycles. The van der Waals surface area contributed by atoms with Crippen molar-refractivity contribution in [3.8, 4) is 0 Å². The van der Waals surface area contributed by atoms with Crippen molar-refractivity contribution >= 4 is 33.8 Å². The highest BCUT2D eigenvalue weighted by Crippen LogP contribution is 2.17. The van der Waals surface area contributed by atoms with E-state index in [4.69, 9.17) is 5.11 Å². The first kappa shape index (κ1) is 17.2. The molecule has 0 aliphatic rings. The van der Waals surface area contributed by atoms with E-state index in [9.17, 15) is 14.4 Å². The van der Waals surface area contributed by atoms with Crippen molar-refractivity contribution in [2.24, 2.45) is 0 Å². The van der Waals surface area contributed by atoms with Crippen LogP contribution in [-0.4, -0.2) is 36.1 Å². The number of esters is 1. The molecule has 0 spiro atoms. The number of benzene rings is 1. The van der Waals surface area contributed by atoms with Crippen molar-refractivity contribution in [2.75, 3.05) is 7.11 Å². The number of methoxy groups -OCH3 is 1. The van der Waals surface area contributed by atoms with Crippen molar-refractivity contribution in [3.63, 3.8) is 0 Å². The Kier molecular flexibility index (Phi) is 6.36. The summed E-state index contributed by atoms with van der Waals surface area (Å²) in [7, 11) is 1.22. The summed E-state index contributed by atoms with van der Waals surface area (Å²) in [6.07, 6.45) is -0.105. The van der Waals surface area contributed by atoms with Gasteiger partial charge in [-0.15, -0.1) is 0 Å². The molecule has 0 saturated heterocycles.